The van der Waals surface area contributed by atoms with Crippen LogP contribution in [0.15, 0.2) is 12.2 Å². The van der Waals surface area contributed by atoms with Gasteiger partial charge in [0, 0.05) is 111 Å². The first-order valence-electron chi connectivity index (χ1n) is 21.2. The molecular formula is C42H72N4O12S2. The normalized spacial score (nSPS) is 14.5. The van der Waals surface area contributed by atoms with E-state index in [9.17, 15) is 38.4 Å². The molecule has 0 aliphatic carbocycles. The molecule has 0 bridgehead atoms. The van der Waals surface area contributed by atoms with Crippen LogP contribution in [0.5, 0.6) is 0 Å². The molecule has 344 valence electrons. The van der Waals surface area contributed by atoms with Crippen molar-refractivity contribution in [2.24, 2.45) is 0 Å². The summed E-state index contributed by atoms with van der Waals surface area (Å²) in [5, 5.41) is 4.82. The lowest BCUT2D eigenvalue weighted by molar-refractivity contribution is -0.139. The Hall–Kier alpha value is -3.16. The van der Waals surface area contributed by atoms with Gasteiger partial charge in [-0.05, 0) is 44.1 Å². The van der Waals surface area contributed by atoms with Crippen molar-refractivity contribution >= 4 is 71.4 Å². The highest BCUT2D eigenvalue weighted by Crippen LogP contribution is 2.26. The van der Waals surface area contributed by atoms with Gasteiger partial charge >= 0.3 is 0 Å². The molecule has 1 fully saturated rings. The number of ether oxygens (including phenoxy) is 4. The second kappa shape index (κ2) is 38.7. The number of unbranched alkanes of at least 4 members (excludes halogenated alkanes) is 4. The van der Waals surface area contributed by atoms with Gasteiger partial charge in [0.05, 0.1) is 31.7 Å². The Bertz CT molecular complexity index is 1290. The van der Waals surface area contributed by atoms with Crippen molar-refractivity contribution in [2.75, 3.05) is 92.0 Å². The maximum absolute atomic E-state index is 12.5. The molecular weight excluding hydrogens is 817 g/mol. The van der Waals surface area contributed by atoms with E-state index in [1.165, 1.54) is 42.7 Å². The minimum absolute atomic E-state index is 0.000700. The SMILES string of the molecule is CCCCCCCSC1CC(=O)N(CCC(=O)CCCOCCOCCCC(=O)NC)C1=O.CNC(=O)CCCOCCOCCCC(=O)CCN1C(=O)C=CC1=O.CS. The summed E-state index contributed by atoms with van der Waals surface area (Å²) >= 11 is 5.11. The summed E-state index contributed by atoms with van der Waals surface area (Å²) in [4.78, 5) is 95.5. The summed E-state index contributed by atoms with van der Waals surface area (Å²) in [7, 11) is 3.21. The lowest BCUT2D eigenvalue weighted by atomic mass is 10.1. The fourth-order valence-electron chi connectivity index (χ4n) is 5.63. The number of imide groups is 2. The minimum Gasteiger partial charge on any atom is -0.379 e. The number of hydrogen-bond acceptors (Lipinski definition) is 14. The number of ketones is 2. The summed E-state index contributed by atoms with van der Waals surface area (Å²) in [5.41, 5.74) is 0. The zero-order valence-electron chi connectivity index (χ0n) is 36.5. The average molecular weight is 889 g/mol. The van der Waals surface area contributed by atoms with Crippen LogP contribution >= 0.6 is 24.4 Å². The van der Waals surface area contributed by atoms with Gasteiger partial charge in [-0.2, -0.15) is 12.6 Å². The number of hydrogen-bond donors (Lipinski definition) is 3. The number of thioether (sulfide) groups is 1. The summed E-state index contributed by atoms with van der Waals surface area (Å²) in [6.07, 6.45) is 14.9. The molecule has 1 atom stereocenters. The van der Waals surface area contributed by atoms with Gasteiger partial charge in [0.1, 0.15) is 11.6 Å². The van der Waals surface area contributed by atoms with Gasteiger partial charge in [0.25, 0.3) is 11.8 Å². The molecule has 18 heteroatoms. The minimum atomic E-state index is -0.364. The Morgan fingerprint density at radius 3 is 1.45 bits per heavy atom. The highest BCUT2D eigenvalue weighted by molar-refractivity contribution is 8.00. The molecule has 0 spiro atoms. The van der Waals surface area contributed by atoms with E-state index in [2.05, 4.69) is 30.2 Å². The molecule has 1 unspecified atom stereocenters. The van der Waals surface area contributed by atoms with E-state index in [1.807, 2.05) is 0 Å². The van der Waals surface area contributed by atoms with E-state index in [1.54, 1.807) is 32.1 Å². The van der Waals surface area contributed by atoms with Crippen molar-refractivity contribution in [2.45, 2.75) is 115 Å². The molecule has 2 aliphatic rings. The molecule has 0 radical (unpaired) electrons. The summed E-state index contributed by atoms with van der Waals surface area (Å²) < 4.78 is 21.5. The Labute approximate surface area is 367 Å². The van der Waals surface area contributed by atoms with E-state index in [-0.39, 0.29) is 84.6 Å². The van der Waals surface area contributed by atoms with Gasteiger partial charge < -0.3 is 29.6 Å². The molecule has 0 aromatic heterocycles. The highest BCUT2D eigenvalue weighted by Gasteiger charge is 2.38. The maximum Gasteiger partial charge on any atom is 0.253 e. The lowest BCUT2D eigenvalue weighted by Gasteiger charge is -2.14. The van der Waals surface area contributed by atoms with Crippen LogP contribution in [0.25, 0.3) is 0 Å². The molecule has 6 amide bonds. The van der Waals surface area contributed by atoms with Gasteiger partial charge in [-0.1, -0.05) is 32.6 Å². The number of amides is 6. The van der Waals surface area contributed by atoms with Gasteiger partial charge in [0.15, 0.2) is 0 Å². The first-order chi connectivity index (χ1) is 29.0. The molecule has 60 heavy (non-hydrogen) atoms. The van der Waals surface area contributed by atoms with E-state index < -0.39 is 0 Å². The zero-order valence-corrected chi connectivity index (χ0v) is 38.2. The third-order valence-electron chi connectivity index (χ3n) is 9.07. The number of thiol groups is 1. The number of Topliss-reactive ketones (excluding diaryl/α,β-unsaturated/α-hetero) is 2. The third kappa shape index (κ3) is 29.2. The zero-order chi connectivity index (χ0) is 44.8. The van der Waals surface area contributed by atoms with Crippen LogP contribution in [0, 0.1) is 0 Å². The molecule has 2 rings (SSSR count). The summed E-state index contributed by atoms with van der Waals surface area (Å²) in [6, 6.07) is 0. The Morgan fingerprint density at radius 1 is 0.600 bits per heavy atom. The van der Waals surface area contributed by atoms with Crippen LogP contribution in [0.4, 0.5) is 0 Å². The molecule has 16 nitrogen and oxygen atoms in total. The van der Waals surface area contributed by atoms with Gasteiger partial charge in [-0.15, -0.1) is 11.8 Å². The Kier molecular flexibility index (Phi) is 36.7. The molecule has 2 N–H and O–H groups in total. The Morgan fingerprint density at radius 2 is 1.02 bits per heavy atom. The van der Waals surface area contributed by atoms with E-state index in [4.69, 9.17) is 18.9 Å². The van der Waals surface area contributed by atoms with Crippen LogP contribution in [0.1, 0.15) is 110 Å². The average Bonchev–Trinajstić information content (AvgIpc) is 3.72. The second-order valence-electron chi connectivity index (χ2n) is 13.8. The van der Waals surface area contributed by atoms with Gasteiger partial charge in [-0.25, -0.2) is 0 Å². The molecule has 2 heterocycles. The quantitative estimate of drug-likeness (QED) is 0.0471. The van der Waals surface area contributed by atoms with E-state index in [0.29, 0.717) is 104 Å². The van der Waals surface area contributed by atoms with Crippen molar-refractivity contribution in [3.63, 3.8) is 0 Å². The number of rotatable bonds is 35. The first kappa shape index (κ1) is 56.8. The van der Waals surface area contributed by atoms with Gasteiger partial charge in [-0.3, -0.25) is 48.2 Å². The number of carbonyl (C=O) groups is 8. The Balaban J connectivity index is 0.00000115. The number of nitrogens with one attached hydrogen (secondary N) is 2. The summed E-state index contributed by atoms with van der Waals surface area (Å²) in [6.45, 7) is 6.25. The van der Waals surface area contributed by atoms with Crippen LogP contribution < -0.4 is 10.6 Å². The fraction of sp³-hybridized carbons (Fsp3) is 0.762. The third-order valence-corrected chi connectivity index (χ3v) is 10.4. The standard InChI is InChI=1S/C24H42N2O6S.C17H26N2O6.CH4S/c1-3-4-5-6-7-18-33-21-19-23(29)26(24(21)30)13-12-20(27)10-8-14-31-16-17-32-15-9-11-22(28)25-2;1-18-15(21)5-3-11-25-13-12-24-10-2-4-14(20)8-9-19-16(22)6-7-17(19)23;1-2/h21H,3-19H2,1-2H3,(H,25,28);6-7H,2-5,8-13H2,1H3,(H,18,21);2H,1H3. The van der Waals surface area contributed by atoms with Crippen LogP contribution in [-0.4, -0.2) is 154 Å². The lowest BCUT2D eigenvalue weighted by Crippen LogP contribution is -2.33. The molecule has 0 saturated carbocycles. The molecule has 1 saturated heterocycles. The molecule has 2 aliphatic heterocycles. The molecule has 0 aromatic rings. The van der Waals surface area contributed by atoms with Crippen molar-refractivity contribution in [1.29, 1.82) is 0 Å². The predicted molar refractivity (Wildman–Crippen MR) is 235 cm³/mol. The van der Waals surface area contributed by atoms with Crippen LogP contribution in [0.3, 0.4) is 0 Å². The van der Waals surface area contributed by atoms with E-state index >= 15 is 0 Å². The van der Waals surface area contributed by atoms with Crippen LogP contribution in [0.2, 0.25) is 0 Å². The monoisotopic (exact) mass is 888 g/mol. The smallest absolute Gasteiger partial charge is 0.253 e. The topological polar surface area (TPSA) is 204 Å². The maximum atomic E-state index is 12.5. The fourth-order valence-corrected chi connectivity index (χ4v) is 6.82. The first-order valence-corrected chi connectivity index (χ1v) is 23.2. The van der Waals surface area contributed by atoms with Crippen molar-refractivity contribution in [1.82, 2.24) is 20.4 Å². The largest absolute Gasteiger partial charge is 0.379 e. The highest BCUT2D eigenvalue weighted by atomic mass is 32.2. The van der Waals surface area contributed by atoms with Gasteiger partial charge in [0.2, 0.25) is 23.6 Å². The summed E-state index contributed by atoms with van der Waals surface area (Å²) in [5.74, 6) is -0.0727. The van der Waals surface area contributed by atoms with Crippen molar-refractivity contribution < 1.29 is 57.3 Å². The van der Waals surface area contributed by atoms with E-state index in [0.717, 1.165) is 17.1 Å². The number of likely N-dealkylation sites (tertiary alicyclic amines) is 1. The predicted octanol–water partition coefficient (Wildman–Crippen LogP) is 3.87. The van der Waals surface area contributed by atoms with Crippen molar-refractivity contribution in [3.8, 4) is 0 Å². The number of carbonyl (C=O) groups excluding carboxylic acids is 8. The molecule has 0 aromatic carbocycles. The second-order valence-corrected chi connectivity index (χ2v) is 15.1. The van der Waals surface area contributed by atoms with Crippen LogP contribution in [-0.2, 0) is 57.3 Å². The number of nitrogens with zero attached hydrogens (tertiary/aromatic N) is 2. The van der Waals surface area contributed by atoms with Crippen molar-refractivity contribution in [3.05, 3.63) is 12.2 Å².